The zero-order chi connectivity index (χ0) is 15.5. The molecule has 0 saturated heterocycles. The van der Waals surface area contributed by atoms with E-state index in [2.05, 4.69) is 34.5 Å². The van der Waals surface area contributed by atoms with E-state index in [1.54, 1.807) is 0 Å². The van der Waals surface area contributed by atoms with E-state index < -0.39 is 6.04 Å². The van der Waals surface area contributed by atoms with Gasteiger partial charge >= 0.3 is 0 Å². The molecule has 1 aromatic carbocycles. The first-order valence-electron chi connectivity index (χ1n) is 7.76. The van der Waals surface area contributed by atoms with Crippen LogP contribution in [0.5, 0.6) is 0 Å². The molecule has 0 fully saturated rings. The molecular formula is C17H27N3O. The van der Waals surface area contributed by atoms with Crippen molar-refractivity contribution in [2.24, 2.45) is 11.1 Å². The molecule has 1 amide bonds. The maximum absolute atomic E-state index is 11.9. The van der Waals surface area contributed by atoms with Crippen LogP contribution in [0.3, 0.4) is 0 Å². The van der Waals surface area contributed by atoms with E-state index in [0.29, 0.717) is 6.54 Å². The summed E-state index contributed by atoms with van der Waals surface area (Å²) in [6.07, 6.45) is 2.06. The fourth-order valence-corrected chi connectivity index (χ4v) is 2.62. The Morgan fingerprint density at radius 2 is 2.10 bits per heavy atom. The van der Waals surface area contributed by atoms with Gasteiger partial charge in [0.05, 0.1) is 6.04 Å². The van der Waals surface area contributed by atoms with Gasteiger partial charge in [-0.15, -0.1) is 0 Å². The van der Waals surface area contributed by atoms with E-state index in [-0.39, 0.29) is 11.3 Å². The number of nitrogens with zero attached hydrogens (tertiary/aromatic N) is 1. The molecule has 0 aliphatic carbocycles. The summed E-state index contributed by atoms with van der Waals surface area (Å²) in [7, 11) is 0. The van der Waals surface area contributed by atoms with Crippen LogP contribution in [-0.2, 0) is 11.2 Å². The van der Waals surface area contributed by atoms with Crippen LogP contribution in [0.25, 0.3) is 0 Å². The molecule has 0 radical (unpaired) electrons. The maximum Gasteiger partial charge on any atom is 0.237 e. The van der Waals surface area contributed by atoms with Gasteiger partial charge in [-0.3, -0.25) is 4.79 Å². The van der Waals surface area contributed by atoms with Gasteiger partial charge < -0.3 is 16.0 Å². The lowest BCUT2D eigenvalue weighted by atomic mass is 9.87. The minimum absolute atomic E-state index is 0.0516. The summed E-state index contributed by atoms with van der Waals surface area (Å²) in [5, 5.41) is 2.95. The number of hydrogen-bond acceptors (Lipinski definition) is 3. The molecule has 0 spiro atoms. The Morgan fingerprint density at radius 3 is 2.81 bits per heavy atom. The highest BCUT2D eigenvalue weighted by Gasteiger charge is 2.27. The van der Waals surface area contributed by atoms with Crippen molar-refractivity contribution in [3.8, 4) is 0 Å². The number of carbonyl (C=O) groups excluding carboxylic acids is 1. The minimum atomic E-state index is -0.454. The lowest BCUT2D eigenvalue weighted by Crippen LogP contribution is -2.49. The number of nitrogens with two attached hydrogens (primary N) is 1. The minimum Gasteiger partial charge on any atom is -0.371 e. The van der Waals surface area contributed by atoms with E-state index in [1.807, 2.05) is 20.8 Å². The van der Waals surface area contributed by atoms with Crippen LogP contribution in [0, 0.1) is 5.41 Å². The summed E-state index contributed by atoms with van der Waals surface area (Å²) >= 11 is 0. The zero-order valence-electron chi connectivity index (χ0n) is 13.4. The second-order valence-electron chi connectivity index (χ2n) is 6.85. The van der Waals surface area contributed by atoms with Gasteiger partial charge in [-0.1, -0.05) is 39.0 Å². The molecule has 1 aliphatic heterocycles. The number of fused-ring (bicyclic) bond motifs is 1. The molecule has 1 aromatic rings. The third-order valence-electron chi connectivity index (χ3n) is 4.10. The number of amides is 1. The predicted octanol–water partition coefficient (Wildman–Crippen LogP) is 1.93. The standard InChI is InChI=1S/C17H27N3O/c1-17(2,3)15(18)16(21)19-10-6-11-20-12-9-13-7-4-5-8-14(13)20/h4-5,7-8,15H,6,9-12,18H2,1-3H3,(H,19,21)/t15-/m0/s1. The van der Waals surface area contributed by atoms with Crippen molar-refractivity contribution < 1.29 is 4.79 Å². The molecule has 116 valence electrons. The average Bonchev–Trinajstić information content (AvgIpc) is 2.85. The van der Waals surface area contributed by atoms with E-state index in [1.165, 1.54) is 11.3 Å². The molecule has 0 unspecified atom stereocenters. The molecule has 0 bridgehead atoms. The lowest BCUT2D eigenvalue weighted by molar-refractivity contribution is -0.124. The number of nitrogens with one attached hydrogen (secondary N) is 1. The summed E-state index contributed by atoms with van der Waals surface area (Å²) < 4.78 is 0. The molecule has 0 saturated carbocycles. The van der Waals surface area contributed by atoms with Gasteiger partial charge in [-0.25, -0.2) is 0 Å². The quantitative estimate of drug-likeness (QED) is 0.814. The van der Waals surface area contributed by atoms with Crippen molar-refractivity contribution in [1.82, 2.24) is 5.32 Å². The fourth-order valence-electron chi connectivity index (χ4n) is 2.62. The first-order valence-corrected chi connectivity index (χ1v) is 7.76. The highest BCUT2D eigenvalue weighted by molar-refractivity contribution is 5.82. The van der Waals surface area contributed by atoms with Crippen molar-refractivity contribution in [3.63, 3.8) is 0 Å². The SMILES string of the molecule is CC(C)(C)[C@@H](N)C(=O)NCCCN1CCc2ccccc21. The monoisotopic (exact) mass is 289 g/mol. The molecular weight excluding hydrogens is 262 g/mol. The second kappa shape index (κ2) is 6.48. The van der Waals surface area contributed by atoms with Gasteiger partial charge in [0.25, 0.3) is 0 Å². The summed E-state index contributed by atoms with van der Waals surface area (Å²) in [5.74, 6) is -0.0516. The highest BCUT2D eigenvalue weighted by Crippen LogP contribution is 2.27. The van der Waals surface area contributed by atoms with Crippen LogP contribution in [0.15, 0.2) is 24.3 Å². The smallest absolute Gasteiger partial charge is 0.237 e. The van der Waals surface area contributed by atoms with Crippen LogP contribution >= 0.6 is 0 Å². The third kappa shape index (κ3) is 3.97. The second-order valence-corrected chi connectivity index (χ2v) is 6.85. The van der Waals surface area contributed by atoms with Crippen LogP contribution in [0.2, 0.25) is 0 Å². The predicted molar refractivity (Wildman–Crippen MR) is 87.4 cm³/mol. The lowest BCUT2D eigenvalue weighted by Gasteiger charge is -2.26. The molecule has 4 nitrogen and oxygen atoms in total. The third-order valence-corrected chi connectivity index (χ3v) is 4.10. The Labute approximate surface area is 127 Å². The number of benzene rings is 1. The van der Waals surface area contributed by atoms with Gasteiger partial charge in [0.1, 0.15) is 0 Å². The Morgan fingerprint density at radius 1 is 1.38 bits per heavy atom. The molecule has 0 aromatic heterocycles. The van der Waals surface area contributed by atoms with Crippen molar-refractivity contribution in [2.75, 3.05) is 24.5 Å². The average molecular weight is 289 g/mol. The summed E-state index contributed by atoms with van der Waals surface area (Å²) in [4.78, 5) is 14.3. The Bertz CT molecular complexity index is 493. The van der Waals surface area contributed by atoms with Crippen LogP contribution in [-0.4, -0.2) is 31.6 Å². The van der Waals surface area contributed by atoms with E-state index in [9.17, 15) is 4.79 Å². The van der Waals surface area contributed by atoms with Gasteiger partial charge in [0.2, 0.25) is 5.91 Å². The Kier molecular flexibility index (Phi) is 4.88. The Hall–Kier alpha value is -1.55. The van der Waals surface area contributed by atoms with E-state index in [4.69, 9.17) is 5.73 Å². The van der Waals surface area contributed by atoms with Crippen molar-refractivity contribution >= 4 is 11.6 Å². The summed E-state index contributed by atoms with van der Waals surface area (Å²) in [5.41, 5.74) is 8.51. The molecule has 4 heteroatoms. The van der Waals surface area contributed by atoms with Gasteiger partial charge in [0, 0.05) is 25.3 Å². The van der Waals surface area contributed by atoms with E-state index in [0.717, 1.165) is 25.9 Å². The first-order chi connectivity index (χ1) is 9.89. The van der Waals surface area contributed by atoms with Crippen molar-refractivity contribution in [2.45, 2.75) is 39.7 Å². The topological polar surface area (TPSA) is 58.4 Å². The maximum atomic E-state index is 11.9. The molecule has 21 heavy (non-hydrogen) atoms. The highest BCUT2D eigenvalue weighted by atomic mass is 16.2. The molecule has 1 heterocycles. The van der Waals surface area contributed by atoms with Crippen LogP contribution < -0.4 is 16.0 Å². The van der Waals surface area contributed by atoms with E-state index >= 15 is 0 Å². The first kappa shape index (κ1) is 15.8. The van der Waals surface area contributed by atoms with Gasteiger partial charge in [-0.2, -0.15) is 0 Å². The van der Waals surface area contributed by atoms with Crippen LogP contribution in [0.4, 0.5) is 5.69 Å². The van der Waals surface area contributed by atoms with Crippen molar-refractivity contribution in [1.29, 1.82) is 0 Å². The molecule has 2 rings (SSSR count). The summed E-state index contributed by atoms with van der Waals surface area (Å²) in [6.45, 7) is 8.69. The van der Waals surface area contributed by atoms with Gasteiger partial charge in [-0.05, 0) is 29.9 Å². The summed E-state index contributed by atoms with van der Waals surface area (Å²) in [6, 6.07) is 8.10. The number of rotatable bonds is 5. The van der Waals surface area contributed by atoms with Gasteiger partial charge in [0.15, 0.2) is 0 Å². The normalized spacial score (nSPS) is 15.7. The van der Waals surface area contributed by atoms with Crippen LogP contribution in [0.1, 0.15) is 32.8 Å². The number of hydrogen-bond donors (Lipinski definition) is 2. The van der Waals surface area contributed by atoms with Crippen molar-refractivity contribution in [3.05, 3.63) is 29.8 Å². The molecule has 1 atom stereocenters. The number of carbonyl (C=O) groups is 1. The Balaban J connectivity index is 1.73. The molecule has 1 aliphatic rings. The molecule has 3 N–H and O–H groups in total. The number of anilines is 1. The largest absolute Gasteiger partial charge is 0.371 e. The zero-order valence-corrected chi connectivity index (χ0v) is 13.4. The number of para-hydroxylation sites is 1. The fraction of sp³-hybridized carbons (Fsp3) is 0.588.